The molecule has 0 aliphatic heterocycles. The summed E-state index contributed by atoms with van der Waals surface area (Å²) in [6.45, 7) is 23.8. The van der Waals surface area contributed by atoms with Gasteiger partial charge in [0.25, 0.3) is 0 Å². The van der Waals surface area contributed by atoms with E-state index in [1.807, 2.05) is 0 Å². The van der Waals surface area contributed by atoms with E-state index in [1.54, 1.807) is 0 Å². The van der Waals surface area contributed by atoms with Crippen molar-refractivity contribution < 1.29 is 22.8 Å². The highest BCUT2D eigenvalue weighted by atomic mass is 15.0. The van der Waals surface area contributed by atoms with Crippen molar-refractivity contribution in [1.82, 2.24) is 0 Å². The molecule has 0 spiro atoms. The number of para-hydroxylation sites is 2. The van der Waals surface area contributed by atoms with Crippen LogP contribution in [-0.4, -0.2) is 0 Å². The van der Waals surface area contributed by atoms with Gasteiger partial charge in [-0.1, -0.05) is 145 Å². The summed E-state index contributed by atoms with van der Waals surface area (Å²) in [7, 11) is 10.7. The Labute approximate surface area is 569 Å². The molecule has 0 N–H and O–H groups in total. The van der Waals surface area contributed by atoms with Gasteiger partial charge in [0.1, 0.15) is 35.2 Å². The van der Waals surface area contributed by atoms with Crippen LogP contribution in [-0.2, 0) is 35.2 Å². The molecule has 5 heterocycles. The summed E-state index contributed by atoms with van der Waals surface area (Å²) in [5.74, 6) is 0. The lowest BCUT2D eigenvalue weighted by molar-refractivity contribution is -0.634. The molecule has 0 unspecified atom stereocenters. The number of rotatable bonds is 5. The highest BCUT2D eigenvalue weighted by Gasteiger charge is 2.22. The summed E-state index contributed by atoms with van der Waals surface area (Å²) in [6.07, 6.45) is 0. The van der Waals surface area contributed by atoms with Crippen LogP contribution >= 0.6 is 0 Å². The number of hydrogen-bond acceptors (Lipinski definition) is 0. The summed E-state index contributed by atoms with van der Waals surface area (Å²) < 4.78 is 11.4. The van der Waals surface area contributed by atoms with Crippen LogP contribution in [0.1, 0.15) is 61.2 Å². The van der Waals surface area contributed by atoms with E-state index in [4.69, 9.17) is 0 Å². The second-order valence-electron chi connectivity index (χ2n) is 26.1. The van der Waals surface area contributed by atoms with Gasteiger partial charge in [-0.05, 0) is 200 Å². The molecule has 15 rings (SSSR count). The molecule has 0 bridgehead atoms. The summed E-state index contributed by atoms with van der Waals surface area (Å²) in [6, 6.07) is 95.5. The van der Waals surface area contributed by atoms with Crippen LogP contribution in [0.2, 0.25) is 0 Å². The van der Waals surface area contributed by atoms with Crippen molar-refractivity contribution in [2.45, 2.75) is 76.2 Å². The molecule has 0 saturated carbocycles. The number of benzene rings is 10. The third-order valence-electron chi connectivity index (χ3n) is 19.2. The third-order valence-corrected chi connectivity index (χ3v) is 19.2. The van der Waals surface area contributed by atoms with Gasteiger partial charge in [0.05, 0.1) is 0 Å². The third kappa shape index (κ3) is 14.2. The fourth-order valence-electron chi connectivity index (χ4n) is 13.7. The molecule has 0 amide bonds. The van der Waals surface area contributed by atoms with Crippen molar-refractivity contribution in [3.8, 4) is 56.3 Å². The Kier molecular flexibility index (Phi) is 20.3. The van der Waals surface area contributed by atoms with Crippen molar-refractivity contribution in [2.24, 2.45) is 35.2 Å². The minimum atomic E-state index is 1.26. The molecule has 476 valence electrons. The Bertz CT molecular complexity index is 5320. The molecular formula is C91H92N5+5. The molecule has 10 aromatic carbocycles. The van der Waals surface area contributed by atoms with Crippen molar-refractivity contribution in [1.29, 1.82) is 0 Å². The Morgan fingerprint density at radius 3 is 1.00 bits per heavy atom. The number of aromatic nitrogens is 5. The van der Waals surface area contributed by atoms with Crippen LogP contribution in [0.25, 0.3) is 111 Å². The van der Waals surface area contributed by atoms with Gasteiger partial charge < -0.3 is 0 Å². The maximum absolute atomic E-state index is 2.30. The largest absolute Gasteiger partial charge is 0.215 e. The number of fused-ring (bicyclic) bond motifs is 5. The molecule has 0 aliphatic rings. The van der Waals surface area contributed by atoms with Gasteiger partial charge in [-0.25, -0.2) is 0 Å². The van der Waals surface area contributed by atoms with Gasteiger partial charge in [0.15, 0.2) is 0 Å². The Balaban J connectivity index is 0.000000122. The van der Waals surface area contributed by atoms with Crippen LogP contribution in [0.4, 0.5) is 0 Å². The monoisotopic (exact) mass is 1250 g/mol. The average Bonchev–Trinajstić information content (AvgIpc) is 0.816. The predicted octanol–water partition coefficient (Wildman–Crippen LogP) is 20.0. The van der Waals surface area contributed by atoms with Gasteiger partial charge in [-0.3, -0.25) is 0 Å². The second-order valence-corrected chi connectivity index (χ2v) is 26.1. The molecule has 5 nitrogen and oxygen atoms in total. The van der Waals surface area contributed by atoms with E-state index in [9.17, 15) is 0 Å². The van der Waals surface area contributed by atoms with E-state index in [2.05, 4.69) is 401 Å². The predicted molar refractivity (Wildman–Crippen MR) is 405 cm³/mol. The Morgan fingerprint density at radius 2 is 0.510 bits per heavy atom. The number of nitrogens with zero attached hydrogens (tertiary/aromatic N) is 5. The van der Waals surface area contributed by atoms with Gasteiger partial charge >= 0.3 is 0 Å². The van der Waals surface area contributed by atoms with Crippen molar-refractivity contribution in [3.05, 3.63) is 328 Å². The molecule has 0 saturated heterocycles. The maximum Gasteiger partial charge on any atom is 0.215 e. The van der Waals surface area contributed by atoms with Crippen LogP contribution in [0, 0.1) is 76.2 Å². The first-order chi connectivity index (χ1) is 46.3. The molecular weight excluding hydrogens is 1160 g/mol. The van der Waals surface area contributed by atoms with E-state index in [-0.39, 0.29) is 0 Å². The number of pyridine rings is 5. The minimum absolute atomic E-state index is 1.26. The van der Waals surface area contributed by atoms with E-state index in [0.29, 0.717) is 0 Å². The lowest BCUT2D eigenvalue weighted by Crippen LogP contribution is -2.33. The lowest BCUT2D eigenvalue weighted by Gasteiger charge is -2.09. The first-order valence-corrected chi connectivity index (χ1v) is 33.5. The summed E-state index contributed by atoms with van der Waals surface area (Å²) in [5, 5.41) is 6.50. The zero-order valence-corrected chi connectivity index (χ0v) is 59.1. The topological polar surface area (TPSA) is 19.4 Å². The van der Waals surface area contributed by atoms with Crippen LogP contribution < -0.4 is 22.8 Å². The standard InChI is InChI=1S/C19H20N.4C18H18N/c1-13-8-9-15(3)17(12-13)19-11-10-16-14(2)6-5-7-18(16)20(19)4;1-13-8-4-6-10-16(13)18-14(2)12-15-9-5-7-11-17(15)19(18)3;1-13-7-4-5-9-15(13)18-12-11-16-14(2)8-6-10-17(16)19(18)3;1-13-8-9-14(2)16(12-13)18-11-10-15-6-4-5-7-17(15)19(18)3;1-13-8-9-15-10-11-17(19(3)18(15)12-13)16-7-5-4-6-14(16)2/h5-12H,1-4H3;4*4-12H,1-3H3/q5*+1. The molecule has 15 aromatic rings. The molecule has 0 radical (unpaired) electrons. The second kappa shape index (κ2) is 29.3. The first-order valence-electron chi connectivity index (χ1n) is 33.5. The van der Waals surface area contributed by atoms with Crippen molar-refractivity contribution in [2.75, 3.05) is 0 Å². The summed E-state index contributed by atoms with van der Waals surface area (Å²) in [5.41, 5.74) is 33.7. The smallest absolute Gasteiger partial charge is 0.194 e. The maximum atomic E-state index is 2.30. The quantitative estimate of drug-likeness (QED) is 0.153. The van der Waals surface area contributed by atoms with E-state index < -0.39 is 0 Å². The van der Waals surface area contributed by atoms with Crippen LogP contribution in [0.3, 0.4) is 0 Å². The molecule has 5 heteroatoms. The van der Waals surface area contributed by atoms with Gasteiger partial charge in [-0.2, -0.15) is 22.8 Å². The summed E-state index contributed by atoms with van der Waals surface area (Å²) in [4.78, 5) is 0. The molecule has 96 heavy (non-hydrogen) atoms. The Morgan fingerprint density at radius 1 is 0.188 bits per heavy atom. The first kappa shape index (κ1) is 66.7. The summed E-state index contributed by atoms with van der Waals surface area (Å²) >= 11 is 0. The normalized spacial score (nSPS) is 10.9. The van der Waals surface area contributed by atoms with Crippen molar-refractivity contribution >= 4 is 54.5 Å². The average molecular weight is 1260 g/mol. The Hall–Kier alpha value is -10.8. The highest BCUT2D eigenvalue weighted by molar-refractivity contribution is 5.84. The molecule has 0 fully saturated rings. The minimum Gasteiger partial charge on any atom is -0.194 e. The lowest BCUT2D eigenvalue weighted by atomic mass is 10.00. The van der Waals surface area contributed by atoms with Gasteiger partial charge in [0, 0.05) is 115 Å². The fraction of sp³-hybridized carbons (Fsp3) is 0.176. The SMILES string of the molecule is Cc1ccc(C)c(-c2ccc3c(C)cccc3[n+]2C)c1.Cc1ccc(C)c(-c2ccc3ccccc3[n+]2C)c1.Cc1ccc2ccc(-c3ccccc3C)[n+](C)c2c1.Cc1ccccc1-c1c(C)cc2ccccc2[n+]1C.Cc1ccccc1-c1ccc2c(C)cccc2[n+]1C. The van der Waals surface area contributed by atoms with E-state index >= 15 is 0 Å². The molecule has 0 aliphatic carbocycles. The van der Waals surface area contributed by atoms with Gasteiger partial charge in [-0.15, -0.1) is 0 Å². The van der Waals surface area contributed by atoms with E-state index in [0.717, 1.165) is 0 Å². The zero-order valence-electron chi connectivity index (χ0n) is 59.1. The molecule has 0 atom stereocenters. The highest BCUT2D eigenvalue weighted by Crippen LogP contribution is 2.30. The zero-order chi connectivity index (χ0) is 67.9. The van der Waals surface area contributed by atoms with Gasteiger partial charge in [0.2, 0.25) is 56.1 Å². The van der Waals surface area contributed by atoms with Crippen LogP contribution in [0.5, 0.6) is 0 Å². The fourth-order valence-corrected chi connectivity index (χ4v) is 13.7. The van der Waals surface area contributed by atoms with Crippen LogP contribution in [0.15, 0.2) is 267 Å². The number of hydrogen-bond donors (Lipinski definition) is 0. The number of aryl methyl sites for hydroxylation is 16. The van der Waals surface area contributed by atoms with Crippen molar-refractivity contribution in [3.63, 3.8) is 0 Å². The van der Waals surface area contributed by atoms with E-state index in [1.165, 1.54) is 172 Å². The molecule has 5 aromatic heterocycles.